The van der Waals surface area contributed by atoms with E-state index >= 15 is 0 Å². The highest BCUT2D eigenvalue weighted by atomic mass is 16.5. The van der Waals surface area contributed by atoms with Gasteiger partial charge in [-0.1, -0.05) is 0 Å². The van der Waals surface area contributed by atoms with Crippen molar-refractivity contribution in [3.63, 3.8) is 0 Å². The lowest BCUT2D eigenvalue weighted by atomic mass is 9.98. The minimum Gasteiger partial charge on any atom is -0.469 e. The second-order valence-corrected chi connectivity index (χ2v) is 5.20. The number of amides is 2. The molecular weight excluding hydrogens is 262 g/mol. The Hall–Kier alpha value is -1.63. The lowest BCUT2D eigenvalue weighted by Crippen LogP contribution is -2.60. The van der Waals surface area contributed by atoms with Crippen molar-refractivity contribution < 1.29 is 19.1 Å². The third kappa shape index (κ3) is 3.47. The monoisotopic (exact) mass is 283 g/mol. The molecule has 2 aliphatic rings. The summed E-state index contributed by atoms with van der Waals surface area (Å²) in [6.07, 6.45) is 3.02. The van der Waals surface area contributed by atoms with Crippen LogP contribution in [0, 0.1) is 0 Å². The smallest absolute Gasteiger partial charge is 0.307 e. The van der Waals surface area contributed by atoms with E-state index in [4.69, 9.17) is 4.74 Å². The number of nitrogens with zero attached hydrogens (tertiary/aromatic N) is 1. The first kappa shape index (κ1) is 14.8. The third-order valence-electron chi connectivity index (χ3n) is 3.85. The second kappa shape index (κ2) is 6.69. The minimum absolute atomic E-state index is 0.0430. The van der Waals surface area contributed by atoms with Crippen LogP contribution in [0.3, 0.4) is 0 Å². The van der Waals surface area contributed by atoms with Crippen molar-refractivity contribution in [2.75, 3.05) is 26.7 Å². The van der Waals surface area contributed by atoms with Gasteiger partial charge >= 0.3 is 5.97 Å². The summed E-state index contributed by atoms with van der Waals surface area (Å²) in [7, 11) is 1.36. The maximum absolute atomic E-state index is 12.5. The van der Waals surface area contributed by atoms with Crippen LogP contribution in [0.15, 0.2) is 0 Å². The molecular formula is C13H21N3O4. The highest BCUT2D eigenvalue weighted by molar-refractivity contribution is 5.87. The minimum atomic E-state index is -0.397. The van der Waals surface area contributed by atoms with Gasteiger partial charge in [-0.25, -0.2) is 0 Å². The van der Waals surface area contributed by atoms with Crippen molar-refractivity contribution in [3.8, 4) is 0 Å². The Morgan fingerprint density at radius 1 is 1.40 bits per heavy atom. The average molecular weight is 283 g/mol. The number of rotatable bonds is 3. The van der Waals surface area contributed by atoms with Crippen LogP contribution in [0.5, 0.6) is 0 Å². The summed E-state index contributed by atoms with van der Waals surface area (Å²) < 4.78 is 4.69. The van der Waals surface area contributed by atoms with Gasteiger partial charge in [0.05, 0.1) is 20.1 Å². The van der Waals surface area contributed by atoms with Crippen LogP contribution in [-0.2, 0) is 19.1 Å². The van der Waals surface area contributed by atoms with E-state index in [1.165, 1.54) is 7.11 Å². The van der Waals surface area contributed by atoms with E-state index in [-0.39, 0.29) is 36.8 Å². The van der Waals surface area contributed by atoms with Gasteiger partial charge in [-0.15, -0.1) is 0 Å². The number of hydrogen-bond donors (Lipinski definition) is 2. The Kier molecular flexibility index (Phi) is 4.94. The summed E-state index contributed by atoms with van der Waals surface area (Å²) in [4.78, 5) is 36.8. The molecule has 2 N–H and O–H groups in total. The molecule has 2 atom stereocenters. The molecule has 20 heavy (non-hydrogen) atoms. The van der Waals surface area contributed by atoms with E-state index in [9.17, 15) is 14.4 Å². The van der Waals surface area contributed by atoms with E-state index in [1.807, 2.05) is 0 Å². The van der Waals surface area contributed by atoms with Crippen LogP contribution < -0.4 is 10.6 Å². The lowest BCUT2D eigenvalue weighted by Gasteiger charge is -2.38. The molecule has 0 aromatic carbocycles. The molecule has 0 aromatic rings. The fraction of sp³-hybridized carbons (Fsp3) is 0.769. The molecule has 2 saturated heterocycles. The fourth-order valence-corrected chi connectivity index (χ4v) is 2.72. The Morgan fingerprint density at radius 3 is 2.85 bits per heavy atom. The van der Waals surface area contributed by atoms with E-state index in [2.05, 4.69) is 10.6 Å². The second-order valence-electron chi connectivity index (χ2n) is 5.20. The average Bonchev–Trinajstić information content (AvgIpc) is 2.48. The molecule has 0 aromatic heterocycles. The quantitative estimate of drug-likeness (QED) is 0.650. The number of carbonyl (C=O) groups excluding carboxylic acids is 3. The van der Waals surface area contributed by atoms with Crippen molar-refractivity contribution in [2.45, 2.75) is 37.8 Å². The SMILES string of the molecule is COC(=O)CC1CCCCN1C(=O)C1CNC(=O)CN1. The lowest BCUT2D eigenvalue weighted by molar-refractivity contribution is -0.145. The molecule has 2 amide bonds. The topological polar surface area (TPSA) is 87.7 Å². The molecule has 0 radical (unpaired) electrons. The maximum atomic E-state index is 12.5. The van der Waals surface area contributed by atoms with Crippen molar-refractivity contribution in [2.24, 2.45) is 0 Å². The Morgan fingerprint density at radius 2 is 2.20 bits per heavy atom. The van der Waals surface area contributed by atoms with Crippen LogP contribution >= 0.6 is 0 Å². The summed E-state index contributed by atoms with van der Waals surface area (Å²) >= 11 is 0. The van der Waals surface area contributed by atoms with Crippen molar-refractivity contribution >= 4 is 17.8 Å². The van der Waals surface area contributed by atoms with Gasteiger partial charge in [0.1, 0.15) is 6.04 Å². The van der Waals surface area contributed by atoms with Gasteiger partial charge in [0, 0.05) is 19.1 Å². The zero-order valence-corrected chi connectivity index (χ0v) is 11.7. The third-order valence-corrected chi connectivity index (χ3v) is 3.85. The van der Waals surface area contributed by atoms with Gasteiger partial charge in [-0.3, -0.25) is 19.7 Å². The van der Waals surface area contributed by atoms with Gasteiger partial charge in [0.25, 0.3) is 0 Å². The van der Waals surface area contributed by atoms with Crippen LogP contribution in [-0.4, -0.2) is 61.5 Å². The van der Waals surface area contributed by atoms with Crippen LogP contribution in [0.2, 0.25) is 0 Å². The Bertz CT molecular complexity index is 389. The molecule has 2 heterocycles. The molecule has 2 rings (SSSR count). The highest BCUT2D eigenvalue weighted by Gasteiger charge is 2.34. The molecule has 2 fully saturated rings. The van der Waals surface area contributed by atoms with Crippen molar-refractivity contribution in [1.82, 2.24) is 15.5 Å². The van der Waals surface area contributed by atoms with Crippen molar-refractivity contribution in [1.29, 1.82) is 0 Å². The number of nitrogens with one attached hydrogen (secondary N) is 2. The van der Waals surface area contributed by atoms with E-state index < -0.39 is 6.04 Å². The van der Waals surface area contributed by atoms with E-state index in [0.29, 0.717) is 13.1 Å². The largest absolute Gasteiger partial charge is 0.469 e. The number of ether oxygens (including phenoxy) is 1. The number of piperidine rings is 1. The molecule has 7 heteroatoms. The first-order valence-electron chi connectivity index (χ1n) is 6.99. The predicted octanol–water partition coefficient (Wildman–Crippen LogP) is -0.981. The normalized spacial score (nSPS) is 26.9. The zero-order valence-electron chi connectivity index (χ0n) is 11.7. The maximum Gasteiger partial charge on any atom is 0.307 e. The van der Waals surface area contributed by atoms with Crippen LogP contribution in [0.1, 0.15) is 25.7 Å². The Labute approximate surface area is 118 Å². The standard InChI is InChI=1S/C13H21N3O4/c1-20-12(18)6-9-4-2-3-5-16(9)13(19)10-7-15-11(17)8-14-10/h9-10,14H,2-8H2,1H3,(H,15,17). The van der Waals surface area contributed by atoms with Crippen LogP contribution in [0.25, 0.3) is 0 Å². The zero-order chi connectivity index (χ0) is 14.5. The number of methoxy groups -OCH3 is 1. The highest BCUT2D eigenvalue weighted by Crippen LogP contribution is 2.21. The number of carbonyl (C=O) groups is 3. The molecule has 0 saturated carbocycles. The first-order chi connectivity index (χ1) is 9.61. The predicted molar refractivity (Wildman–Crippen MR) is 70.8 cm³/mol. The van der Waals surface area contributed by atoms with Crippen LogP contribution in [0.4, 0.5) is 0 Å². The molecule has 2 unspecified atom stereocenters. The van der Waals surface area contributed by atoms with Gasteiger partial charge in [-0.05, 0) is 19.3 Å². The van der Waals surface area contributed by atoms with Gasteiger partial charge in [0.2, 0.25) is 11.8 Å². The fourth-order valence-electron chi connectivity index (χ4n) is 2.72. The number of hydrogen-bond acceptors (Lipinski definition) is 5. The summed E-state index contributed by atoms with van der Waals surface area (Å²) in [5, 5.41) is 5.61. The van der Waals surface area contributed by atoms with Gasteiger partial charge in [0.15, 0.2) is 0 Å². The molecule has 0 aliphatic carbocycles. The number of likely N-dealkylation sites (tertiary alicyclic amines) is 1. The van der Waals surface area contributed by atoms with Gasteiger partial charge < -0.3 is 15.0 Å². The molecule has 7 nitrogen and oxygen atoms in total. The first-order valence-corrected chi connectivity index (χ1v) is 6.99. The summed E-state index contributed by atoms with van der Waals surface area (Å²) in [6, 6.07) is -0.492. The summed E-state index contributed by atoms with van der Waals surface area (Å²) in [5.41, 5.74) is 0. The Balaban J connectivity index is 1.97. The number of esters is 1. The number of piperazine rings is 1. The summed E-state index contributed by atoms with van der Waals surface area (Å²) in [6.45, 7) is 1.12. The molecule has 2 aliphatic heterocycles. The van der Waals surface area contributed by atoms with Crippen molar-refractivity contribution in [3.05, 3.63) is 0 Å². The summed E-state index contributed by atoms with van der Waals surface area (Å²) in [5.74, 6) is -0.433. The van der Waals surface area contributed by atoms with E-state index in [0.717, 1.165) is 19.3 Å². The van der Waals surface area contributed by atoms with E-state index in [1.54, 1.807) is 4.90 Å². The van der Waals surface area contributed by atoms with Gasteiger partial charge in [-0.2, -0.15) is 0 Å². The molecule has 0 bridgehead atoms. The molecule has 112 valence electrons. The molecule has 0 spiro atoms.